The van der Waals surface area contributed by atoms with Crippen molar-refractivity contribution in [2.24, 2.45) is 5.73 Å². The summed E-state index contributed by atoms with van der Waals surface area (Å²) in [6.07, 6.45) is 1.37. The fourth-order valence-electron chi connectivity index (χ4n) is 2.33. The number of rotatable bonds is 4. The van der Waals surface area contributed by atoms with Crippen molar-refractivity contribution in [3.8, 4) is 5.75 Å². The number of carbonyl (C=O) groups excluding carboxylic acids is 1. The molecule has 0 aromatic heterocycles. The topological polar surface area (TPSA) is 55.6 Å². The van der Waals surface area contributed by atoms with Gasteiger partial charge in [0.05, 0.1) is 0 Å². The molecule has 1 aliphatic rings. The number of hydrogen-bond acceptors (Lipinski definition) is 3. The molecular formula is C15H21FN2O2. The van der Waals surface area contributed by atoms with Gasteiger partial charge in [0, 0.05) is 19.1 Å². The van der Waals surface area contributed by atoms with Crippen LogP contribution < -0.4 is 10.5 Å². The Morgan fingerprint density at radius 3 is 2.55 bits per heavy atom. The second-order valence-corrected chi connectivity index (χ2v) is 5.27. The van der Waals surface area contributed by atoms with Crippen LogP contribution in [0.3, 0.4) is 0 Å². The van der Waals surface area contributed by atoms with Crippen molar-refractivity contribution in [2.45, 2.75) is 38.8 Å². The summed E-state index contributed by atoms with van der Waals surface area (Å²) < 4.78 is 19.4. The fourth-order valence-corrected chi connectivity index (χ4v) is 2.33. The molecule has 110 valence electrons. The fraction of sp³-hybridized carbons (Fsp3) is 0.533. The van der Waals surface area contributed by atoms with Crippen LogP contribution in [0.2, 0.25) is 0 Å². The summed E-state index contributed by atoms with van der Waals surface area (Å²) in [5.74, 6) is -0.478. The first-order valence-electron chi connectivity index (χ1n) is 6.99. The van der Waals surface area contributed by atoms with Gasteiger partial charge in [-0.1, -0.05) is 6.07 Å². The zero-order valence-electron chi connectivity index (χ0n) is 11.9. The number of likely N-dealkylation sites (tertiary alicyclic amines) is 1. The van der Waals surface area contributed by atoms with Crippen molar-refractivity contribution >= 4 is 5.91 Å². The van der Waals surface area contributed by atoms with E-state index >= 15 is 0 Å². The largest absolute Gasteiger partial charge is 0.478 e. The SMILES string of the molecule is CC(Oc1ccc([C@H](C)N)cc1F)C(=O)N1CCCC1. The molecule has 2 N–H and O–H groups in total. The van der Waals surface area contributed by atoms with Gasteiger partial charge in [-0.3, -0.25) is 4.79 Å². The molecule has 1 amide bonds. The molecule has 0 spiro atoms. The van der Waals surface area contributed by atoms with Gasteiger partial charge in [-0.05, 0) is 44.4 Å². The van der Waals surface area contributed by atoms with Gasteiger partial charge in [-0.25, -0.2) is 4.39 Å². The second kappa shape index (κ2) is 6.22. The Bertz CT molecular complexity index is 485. The lowest BCUT2D eigenvalue weighted by atomic mass is 10.1. The molecule has 0 radical (unpaired) electrons. The zero-order valence-corrected chi connectivity index (χ0v) is 11.9. The van der Waals surface area contributed by atoms with E-state index in [1.165, 1.54) is 12.1 Å². The third kappa shape index (κ3) is 3.28. The lowest BCUT2D eigenvalue weighted by Gasteiger charge is -2.21. The van der Waals surface area contributed by atoms with Gasteiger partial charge in [0.25, 0.3) is 5.91 Å². The molecule has 1 aromatic rings. The van der Waals surface area contributed by atoms with Crippen molar-refractivity contribution < 1.29 is 13.9 Å². The lowest BCUT2D eigenvalue weighted by Crippen LogP contribution is -2.38. The Hall–Kier alpha value is -1.62. The monoisotopic (exact) mass is 280 g/mol. The number of amides is 1. The van der Waals surface area contributed by atoms with E-state index < -0.39 is 11.9 Å². The maximum Gasteiger partial charge on any atom is 0.263 e. The minimum atomic E-state index is -0.677. The molecule has 1 unspecified atom stereocenters. The third-order valence-corrected chi connectivity index (χ3v) is 3.55. The second-order valence-electron chi connectivity index (χ2n) is 5.27. The van der Waals surface area contributed by atoms with Gasteiger partial charge in [-0.15, -0.1) is 0 Å². The van der Waals surface area contributed by atoms with Crippen LogP contribution in [0.1, 0.15) is 38.3 Å². The molecule has 1 aliphatic heterocycles. The Morgan fingerprint density at radius 1 is 1.35 bits per heavy atom. The Morgan fingerprint density at radius 2 is 2.00 bits per heavy atom. The number of benzene rings is 1. The number of ether oxygens (including phenoxy) is 1. The number of carbonyl (C=O) groups is 1. The van der Waals surface area contributed by atoms with Crippen LogP contribution in [0, 0.1) is 5.82 Å². The minimum absolute atomic E-state index is 0.0850. The summed E-state index contributed by atoms with van der Waals surface area (Å²) in [6, 6.07) is 4.37. The summed E-state index contributed by atoms with van der Waals surface area (Å²) in [5.41, 5.74) is 6.40. The van der Waals surface area contributed by atoms with Crippen LogP contribution >= 0.6 is 0 Å². The Labute approximate surface area is 118 Å². The van der Waals surface area contributed by atoms with Crippen molar-refractivity contribution in [2.75, 3.05) is 13.1 Å². The first-order valence-corrected chi connectivity index (χ1v) is 6.99. The first-order chi connectivity index (χ1) is 9.49. The first kappa shape index (κ1) is 14.8. The van der Waals surface area contributed by atoms with E-state index in [0.29, 0.717) is 5.56 Å². The van der Waals surface area contributed by atoms with E-state index in [9.17, 15) is 9.18 Å². The number of nitrogens with two attached hydrogens (primary N) is 1. The predicted octanol–water partition coefficient (Wildman–Crippen LogP) is 2.24. The van der Waals surface area contributed by atoms with Gasteiger partial charge in [0.2, 0.25) is 0 Å². The van der Waals surface area contributed by atoms with E-state index in [0.717, 1.165) is 25.9 Å². The summed E-state index contributed by atoms with van der Waals surface area (Å²) >= 11 is 0. The van der Waals surface area contributed by atoms with Crippen LogP contribution in [-0.4, -0.2) is 30.0 Å². The molecule has 1 fully saturated rings. The van der Waals surface area contributed by atoms with Gasteiger partial charge in [0.1, 0.15) is 0 Å². The molecule has 0 saturated carbocycles. The highest BCUT2D eigenvalue weighted by Gasteiger charge is 2.25. The highest BCUT2D eigenvalue weighted by atomic mass is 19.1. The molecule has 0 aliphatic carbocycles. The maximum absolute atomic E-state index is 13.9. The van der Waals surface area contributed by atoms with Crippen molar-refractivity contribution in [3.63, 3.8) is 0 Å². The summed E-state index contributed by atoms with van der Waals surface area (Å²) in [6.45, 7) is 4.96. The molecule has 1 heterocycles. The summed E-state index contributed by atoms with van der Waals surface area (Å²) in [7, 11) is 0. The van der Waals surface area contributed by atoms with Gasteiger partial charge in [0.15, 0.2) is 17.7 Å². The van der Waals surface area contributed by atoms with Crippen LogP contribution in [-0.2, 0) is 4.79 Å². The molecule has 2 rings (SSSR count). The summed E-state index contributed by atoms with van der Waals surface area (Å²) in [5, 5.41) is 0. The van der Waals surface area contributed by atoms with Crippen molar-refractivity contribution in [1.82, 2.24) is 4.90 Å². The average molecular weight is 280 g/mol. The van der Waals surface area contributed by atoms with E-state index in [-0.39, 0.29) is 17.7 Å². The highest BCUT2D eigenvalue weighted by molar-refractivity contribution is 5.81. The van der Waals surface area contributed by atoms with E-state index in [4.69, 9.17) is 10.5 Å². The van der Waals surface area contributed by atoms with Crippen LogP contribution in [0.15, 0.2) is 18.2 Å². The molecular weight excluding hydrogens is 259 g/mol. The Balaban J connectivity index is 2.03. The molecule has 1 saturated heterocycles. The van der Waals surface area contributed by atoms with E-state index in [1.54, 1.807) is 24.8 Å². The molecule has 0 bridgehead atoms. The predicted molar refractivity (Wildman–Crippen MR) is 74.9 cm³/mol. The average Bonchev–Trinajstić information content (AvgIpc) is 2.93. The minimum Gasteiger partial charge on any atom is -0.478 e. The third-order valence-electron chi connectivity index (χ3n) is 3.55. The molecule has 5 heteroatoms. The van der Waals surface area contributed by atoms with E-state index in [2.05, 4.69) is 0 Å². The van der Waals surface area contributed by atoms with Gasteiger partial charge >= 0.3 is 0 Å². The lowest BCUT2D eigenvalue weighted by molar-refractivity contribution is -0.136. The number of hydrogen-bond donors (Lipinski definition) is 1. The highest BCUT2D eigenvalue weighted by Crippen LogP contribution is 2.23. The van der Waals surface area contributed by atoms with Crippen molar-refractivity contribution in [3.05, 3.63) is 29.6 Å². The standard InChI is InChI=1S/C15H21FN2O2/c1-10(17)12-5-6-14(13(16)9-12)20-11(2)15(19)18-7-3-4-8-18/h5-6,9-11H,3-4,7-8,17H2,1-2H3/t10-,11?/m0/s1. The van der Waals surface area contributed by atoms with Crippen LogP contribution in [0.4, 0.5) is 4.39 Å². The summed E-state index contributed by atoms with van der Waals surface area (Å²) in [4.78, 5) is 13.9. The van der Waals surface area contributed by atoms with Gasteiger partial charge in [-0.2, -0.15) is 0 Å². The molecule has 2 atom stereocenters. The maximum atomic E-state index is 13.9. The molecule has 1 aromatic carbocycles. The van der Waals surface area contributed by atoms with Crippen molar-refractivity contribution in [1.29, 1.82) is 0 Å². The smallest absolute Gasteiger partial charge is 0.263 e. The van der Waals surface area contributed by atoms with Crippen LogP contribution in [0.5, 0.6) is 5.75 Å². The van der Waals surface area contributed by atoms with Crippen LogP contribution in [0.25, 0.3) is 0 Å². The molecule has 20 heavy (non-hydrogen) atoms. The number of nitrogens with zero attached hydrogens (tertiary/aromatic N) is 1. The number of halogens is 1. The molecule has 4 nitrogen and oxygen atoms in total. The Kier molecular flexibility index (Phi) is 4.60. The normalized spacial score (nSPS) is 17.9. The van der Waals surface area contributed by atoms with E-state index in [1.807, 2.05) is 0 Å². The quantitative estimate of drug-likeness (QED) is 0.920. The van der Waals surface area contributed by atoms with Gasteiger partial charge < -0.3 is 15.4 Å². The zero-order chi connectivity index (χ0) is 14.7.